The van der Waals surface area contributed by atoms with E-state index < -0.39 is 0 Å². The number of nitrogens with one attached hydrogen (secondary N) is 1. The average Bonchev–Trinajstić information content (AvgIpc) is 2.78. The normalized spacial score (nSPS) is 22.2. The van der Waals surface area contributed by atoms with Gasteiger partial charge in [0.2, 0.25) is 0 Å². The molecule has 0 bridgehead atoms. The second kappa shape index (κ2) is 6.80. The summed E-state index contributed by atoms with van der Waals surface area (Å²) < 4.78 is 10.7. The van der Waals surface area contributed by atoms with Crippen molar-refractivity contribution in [3.05, 3.63) is 29.3 Å². The lowest BCUT2D eigenvalue weighted by molar-refractivity contribution is 0.181. The number of hydrogen-bond acceptors (Lipinski definition) is 3. The van der Waals surface area contributed by atoms with Crippen LogP contribution in [0.3, 0.4) is 0 Å². The number of methoxy groups -OCH3 is 2. The van der Waals surface area contributed by atoms with Gasteiger partial charge in [0.25, 0.3) is 0 Å². The molecule has 1 aliphatic rings. The summed E-state index contributed by atoms with van der Waals surface area (Å²) in [6.07, 6.45) is 3.92. The maximum Gasteiger partial charge on any atom is 0.124 e. The molecule has 3 nitrogen and oxygen atoms in total. The first-order chi connectivity index (χ1) is 9.97. The van der Waals surface area contributed by atoms with Gasteiger partial charge in [0.15, 0.2) is 0 Å². The van der Waals surface area contributed by atoms with Crippen LogP contribution in [0.2, 0.25) is 0 Å². The molecule has 118 valence electrons. The Morgan fingerprint density at radius 2 is 2.10 bits per heavy atom. The summed E-state index contributed by atoms with van der Waals surface area (Å²) in [5.41, 5.74) is 2.80. The lowest BCUT2D eigenvalue weighted by Crippen LogP contribution is -2.39. The van der Waals surface area contributed by atoms with Gasteiger partial charge < -0.3 is 14.8 Å². The van der Waals surface area contributed by atoms with E-state index in [1.165, 1.54) is 24.8 Å². The fourth-order valence-corrected chi connectivity index (χ4v) is 3.37. The van der Waals surface area contributed by atoms with Gasteiger partial charge in [-0.25, -0.2) is 0 Å². The molecule has 2 rings (SSSR count). The van der Waals surface area contributed by atoms with Crippen LogP contribution >= 0.6 is 0 Å². The first kappa shape index (κ1) is 16.3. The molecule has 1 aromatic rings. The molecule has 0 aromatic heterocycles. The fraction of sp³-hybridized carbons (Fsp3) is 0.667. The number of ether oxygens (including phenoxy) is 2. The summed E-state index contributed by atoms with van der Waals surface area (Å²) in [7, 11) is 3.42. The molecule has 1 N–H and O–H groups in total. The summed E-state index contributed by atoms with van der Waals surface area (Å²) in [5.74, 6) is 0.897. The second-order valence-electron chi connectivity index (χ2n) is 6.83. The van der Waals surface area contributed by atoms with Crippen LogP contribution in [0.5, 0.6) is 5.75 Å². The monoisotopic (exact) mass is 291 g/mol. The van der Waals surface area contributed by atoms with E-state index in [1.807, 2.05) is 6.07 Å². The molecule has 2 unspecified atom stereocenters. The first-order valence-corrected chi connectivity index (χ1v) is 7.89. The minimum Gasteiger partial charge on any atom is -0.496 e. The zero-order valence-electron chi connectivity index (χ0n) is 14.0. The fourth-order valence-electron chi connectivity index (χ4n) is 3.37. The summed E-state index contributed by atoms with van der Waals surface area (Å²) >= 11 is 0. The molecular formula is C18H29NO2. The highest BCUT2D eigenvalue weighted by atomic mass is 16.5. The van der Waals surface area contributed by atoms with Gasteiger partial charge in [0, 0.05) is 24.8 Å². The third-order valence-corrected chi connectivity index (χ3v) is 4.81. The minimum atomic E-state index is 0.342. The molecule has 0 heterocycles. The summed E-state index contributed by atoms with van der Waals surface area (Å²) in [4.78, 5) is 0. The van der Waals surface area contributed by atoms with E-state index in [0.29, 0.717) is 24.1 Å². The number of benzene rings is 1. The Hall–Kier alpha value is -1.06. The third kappa shape index (κ3) is 3.78. The maximum absolute atomic E-state index is 5.40. The van der Waals surface area contributed by atoms with E-state index >= 15 is 0 Å². The van der Waals surface area contributed by atoms with E-state index in [1.54, 1.807) is 14.2 Å². The molecule has 3 heteroatoms. The lowest BCUT2D eigenvalue weighted by atomic mass is 9.86. The van der Waals surface area contributed by atoms with Gasteiger partial charge in [-0.3, -0.25) is 0 Å². The minimum absolute atomic E-state index is 0.342. The Morgan fingerprint density at radius 1 is 1.33 bits per heavy atom. The van der Waals surface area contributed by atoms with Crippen LogP contribution < -0.4 is 10.1 Å². The Bertz CT molecular complexity index is 470. The molecule has 0 amide bonds. The molecule has 1 aliphatic carbocycles. The predicted molar refractivity (Wildman–Crippen MR) is 86.7 cm³/mol. The molecular weight excluding hydrogens is 262 g/mol. The van der Waals surface area contributed by atoms with Crippen LogP contribution in [0.15, 0.2) is 18.2 Å². The van der Waals surface area contributed by atoms with Crippen LogP contribution in [-0.2, 0) is 11.3 Å². The Kier molecular flexibility index (Phi) is 5.28. The molecule has 1 aromatic carbocycles. The molecule has 1 fully saturated rings. The van der Waals surface area contributed by atoms with Crippen molar-refractivity contribution in [3.63, 3.8) is 0 Å². The number of hydrogen-bond donors (Lipinski definition) is 1. The van der Waals surface area contributed by atoms with Crippen LogP contribution in [0.4, 0.5) is 0 Å². The van der Waals surface area contributed by atoms with Crippen LogP contribution in [0.25, 0.3) is 0 Å². The molecule has 0 radical (unpaired) electrons. The first-order valence-electron chi connectivity index (χ1n) is 7.89. The van der Waals surface area contributed by atoms with Gasteiger partial charge in [-0.1, -0.05) is 26.3 Å². The highest BCUT2D eigenvalue weighted by molar-refractivity contribution is 5.38. The number of rotatable bonds is 6. The van der Waals surface area contributed by atoms with E-state index in [4.69, 9.17) is 9.47 Å². The van der Waals surface area contributed by atoms with E-state index in [2.05, 4.69) is 38.2 Å². The van der Waals surface area contributed by atoms with Crippen molar-refractivity contribution in [1.29, 1.82) is 0 Å². The summed E-state index contributed by atoms with van der Waals surface area (Å²) in [6, 6.07) is 7.33. The van der Waals surface area contributed by atoms with Gasteiger partial charge >= 0.3 is 0 Å². The Balaban J connectivity index is 2.11. The standard InChI is InChI=1S/C18H29NO2/c1-13(19-17-7-6-10-18(17,2)3)14-8-9-16(21-5)15(11-14)12-20-4/h8-9,11,13,17,19H,6-7,10,12H2,1-5H3. The zero-order chi connectivity index (χ0) is 15.5. The molecule has 1 saturated carbocycles. The highest BCUT2D eigenvalue weighted by Gasteiger charge is 2.35. The van der Waals surface area contributed by atoms with Crippen molar-refractivity contribution in [3.8, 4) is 5.75 Å². The summed E-state index contributed by atoms with van der Waals surface area (Å²) in [5, 5.41) is 3.81. The van der Waals surface area contributed by atoms with E-state index in [0.717, 1.165) is 11.3 Å². The van der Waals surface area contributed by atoms with Crippen molar-refractivity contribution < 1.29 is 9.47 Å². The van der Waals surface area contributed by atoms with Crippen molar-refractivity contribution in [1.82, 2.24) is 5.32 Å². The lowest BCUT2D eigenvalue weighted by Gasteiger charge is -2.31. The van der Waals surface area contributed by atoms with Gasteiger partial charge in [-0.15, -0.1) is 0 Å². The van der Waals surface area contributed by atoms with Crippen LogP contribution in [0.1, 0.15) is 57.2 Å². The van der Waals surface area contributed by atoms with Crippen molar-refractivity contribution >= 4 is 0 Å². The third-order valence-electron chi connectivity index (χ3n) is 4.81. The largest absolute Gasteiger partial charge is 0.496 e. The zero-order valence-corrected chi connectivity index (χ0v) is 14.0. The SMILES string of the molecule is COCc1cc(C(C)NC2CCCC2(C)C)ccc1OC. The van der Waals surface area contributed by atoms with Crippen LogP contribution in [0, 0.1) is 5.41 Å². The van der Waals surface area contributed by atoms with Crippen molar-refractivity contribution in [2.75, 3.05) is 14.2 Å². The van der Waals surface area contributed by atoms with Gasteiger partial charge in [-0.05, 0) is 42.9 Å². The molecule has 0 aliphatic heterocycles. The molecule has 21 heavy (non-hydrogen) atoms. The topological polar surface area (TPSA) is 30.5 Å². The van der Waals surface area contributed by atoms with Crippen molar-refractivity contribution in [2.24, 2.45) is 5.41 Å². The highest BCUT2D eigenvalue weighted by Crippen LogP contribution is 2.38. The van der Waals surface area contributed by atoms with Gasteiger partial charge in [-0.2, -0.15) is 0 Å². The van der Waals surface area contributed by atoms with Gasteiger partial charge in [0.05, 0.1) is 13.7 Å². The van der Waals surface area contributed by atoms with E-state index in [9.17, 15) is 0 Å². The molecule has 0 spiro atoms. The molecule has 2 atom stereocenters. The van der Waals surface area contributed by atoms with E-state index in [-0.39, 0.29) is 0 Å². The van der Waals surface area contributed by atoms with Crippen LogP contribution in [-0.4, -0.2) is 20.3 Å². The van der Waals surface area contributed by atoms with Gasteiger partial charge in [0.1, 0.15) is 5.75 Å². The molecule has 0 saturated heterocycles. The smallest absolute Gasteiger partial charge is 0.124 e. The predicted octanol–water partition coefficient (Wildman–Crippen LogP) is 4.07. The maximum atomic E-state index is 5.40. The Labute approximate surface area is 129 Å². The summed E-state index contributed by atoms with van der Waals surface area (Å²) in [6.45, 7) is 7.56. The Morgan fingerprint density at radius 3 is 2.67 bits per heavy atom. The average molecular weight is 291 g/mol. The quantitative estimate of drug-likeness (QED) is 0.857. The van der Waals surface area contributed by atoms with Crippen molar-refractivity contribution in [2.45, 2.75) is 58.7 Å². The second-order valence-corrected chi connectivity index (χ2v) is 6.83.